The Morgan fingerprint density at radius 3 is 2.67 bits per heavy atom. The minimum atomic E-state index is -4.56. The maximum absolute atomic E-state index is 12.8. The van der Waals surface area contributed by atoms with Crippen LogP contribution in [0, 0.1) is 5.92 Å². The molecule has 24 heavy (non-hydrogen) atoms. The van der Waals surface area contributed by atoms with Crippen LogP contribution in [0.15, 0.2) is 24.3 Å². The summed E-state index contributed by atoms with van der Waals surface area (Å²) in [5.74, 6) is -1.21. The maximum atomic E-state index is 12.8. The second-order valence-corrected chi connectivity index (χ2v) is 6.00. The second kappa shape index (κ2) is 7.25. The Bertz CT molecular complexity index is 674. The Kier molecular flexibility index (Phi) is 5.54. The number of nitrogens with two attached hydrogens (primary N) is 1. The normalized spacial score (nSPS) is 18.8. The third-order valence-electron chi connectivity index (χ3n) is 3.85. The summed E-state index contributed by atoms with van der Waals surface area (Å²) in [5, 5.41) is -0.397. The zero-order chi connectivity index (χ0) is 17.9. The van der Waals surface area contributed by atoms with Gasteiger partial charge in [0.25, 0.3) is 0 Å². The van der Waals surface area contributed by atoms with E-state index in [-0.39, 0.29) is 23.9 Å². The molecule has 4 nitrogen and oxygen atoms in total. The van der Waals surface area contributed by atoms with Gasteiger partial charge >= 0.3 is 6.18 Å². The van der Waals surface area contributed by atoms with Gasteiger partial charge in [0.1, 0.15) is 0 Å². The molecule has 2 N–H and O–H groups in total. The highest BCUT2D eigenvalue weighted by molar-refractivity contribution is 6.31. The third kappa shape index (κ3) is 4.50. The van der Waals surface area contributed by atoms with E-state index < -0.39 is 22.7 Å². The van der Waals surface area contributed by atoms with Gasteiger partial charge in [-0.25, -0.2) is 0 Å². The summed E-state index contributed by atoms with van der Waals surface area (Å²) in [4.78, 5) is 24.8. The molecule has 2 amide bonds. The molecular weight excluding hydrogens is 345 g/mol. The lowest BCUT2D eigenvalue weighted by Gasteiger charge is -2.30. The quantitative estimate of drug-likeness (QED) is 0.842. The Balaban J connectivity index is 2.10. The highest BCUT2D eigenvalue weighted by Gasteiger charge is 2.33. The third-order valence-corrected chi connectivity index (χ3v) is 4.18. The SMILES string of the molecule is NC(=O)C1CCCN(C(=O)/C=C/c2ccc(Cl)c(C(F)(F)F)c2)C1. The lowest BCUT2D eigenvalue weighted by molar-refractivity contribution is -0.137. The van der Waals surface area contributed by atoms with Crippen molar-refractivity contribution in [2.75, 3.05) is 13.1 Å². The maximum Gasteiger partial charge on any atom is 0.417 e. The molecule has 0 aliphatic carbocycles. The van der Waals surface area contributed by atoms with Gasteiger partial charge < -0.3 is 10.6 Å². The fraction of sp³-hybridized carbons (Fsp3) is 0.375. The number of halogens is 4. The molecule has 0 bridgehead atoms. The minimum Gasteiger partial charge on any atom is -0.369 e. The van der Waals surface area contributed by atoms with Gasteiger partial charge in [-0.3, -0.25) is 9.59 Å². The number of amides is 2. The number of hydrogen-bond donors (Lipinski definition) is 1. The fourth-order valence-electron chi connectivity index (χ4n) is 2.55. The number of alkyl halides is 3. The number of benzene rings is 1. The predicted octanol–water partition coefficient (Wildman–Crippen LogP) is 3.10. The molecule has 1 saturated heterocycles. The van der Waals surface area contributed by atoms with E-state index in [1.807, 2.05) is 0 Å². The molecular formula is C16H16ClF3N2O2. The molecule has 1 unspecified atom stereocenters. The summed E-state index contributed by atoms with van der Waals surface area (Å²) >= 11 is 5.55. The van der Waals surface area contributed by atoms with E-state index in [9.17, 15) is 22.8 Å². The summed E-state index contributed by atoms with van der Waals surface area (Å²) in [6, 6.07) is 3.41. The summed E-state index contributed by atoms with van der Waals surface area (Å²) in [7, 11) is 0. The van der Waals surface area contributed by atoms with E-state index in [1.54, 1.807) is 0 Å². The van der Waals surface area contributed by atoms with E-state index in [0.717, 1.165) is 12.1 Å². The predicted molar refractivity (Wildman–Crippen MR) is 84.0 cm³/mol. The largest absolute Gasteiger partial charge is 0.417 e. The van der Waals surface area contributed by atoms with Crippen molar-refractivity contribution < 1.29 is 22.8 Å². The molecule has 0 spiro atoms. The number of primary amides is 1. The Morgan fingerprint density at radius 1 is 1.33 bits per heavy atom. The first-order valence-corrected chi connectivity index (χ1v) is 7.69. The van der Waals surface area contributed by atoms with Crippen molar-refractivity contribution in [1.29, 1.82) is 0 Å². The van der Waals surface area contributed by atoms with E-state index in [4.69, 9.17) is 17.3 Å². The van der Waals surface area contributed by atoms with Crippen molar-refractivity contribution in [1.82, 2.24) is 4.90 Å². The van der Waals surface area contributed by atoms with Crippen LogP contribution in [0.5, 0.6) is 0 Å². The monoisotopic (exact) mass is 360 g/mol. The lowest BCUT2D eigenvalue weighted by Crippen LogP contribution is -2.43. The molecule has 1 aliphatic rings. The van der Waals surface area contributed by atoms with Crippen LogP contribution < -0.4 is 5.73 Å². The molecule has 1 aliphatic heterocycles. The van der Waals surface area contributed by atoms with Crippen LogP contribution in [0.3, 0.4) is 0 Å². The van der Waals surface area contributed by atoms with Crippen LogP contribution >= 0.6 is 11.6 Å². The van der Waals surface area contributed by atoms with Crippen molar-refractivity contribution in [2.24, 2.45) is 11.7 Å². The number of carbonyl (C=O) groups excluding carboxylic acids is 2. The van der Waals surface area contributed by atoms with Crippen LogP contribution in [0.4, 0.5) is 13.2 Å². The van der Waals surface area contributed by atoms with E-state index in [1.165, 1.54) is 23.1 Å². The van der Waals surface area contributed by atoms with Crippen molar-refractivity contribution in [2.45, 2.75) is 19.0 Å². The molecule has 1 heterocycles. The van der Waals surface area contributed by atoms with E-state index in [0.29, 0.717) is 19.4 Å². The number of rotatable bonds is 3. The first kappa shape index (κ1) is 18.3. The van der Waals surface area contributed by atoms with E-state index in [2.05, 4.69) is 0 Å². The van der Waals surface area contributed by atoms with Crippen molar-refractivity contribution in [3.8, 4) is 0 Å². The summed E-state index contributed by atoms with van der Waals surface area (Å²) < 4.78 is 38.4. The number of nitrogens with zero attached hydrogens (tertiary/aromatic N) is 1. The van der Waals surface area contributed by atoms with Gasteiger partial charge in [0.15, 0.2) is 0 Å². The van der Waals surface area contributed by atoms with Crippen molar-refractivity contribution in [3.63, 3.8) is 0 Å². The molecule has 2 rings (SSSR count). The number of likely N-dealkylation sites (tertiary alicyclic amines) is 1. The average molecular weight is 361 g/mol. The highest BCUT2D eigenvalue weighted by Crippen LogP contribution is 2.35. The molecule has 0 radical (unpaired) electrons. The Labute approximate surface area is 142 Å². The topological polar surface area (TPSA) is 63.4 Å². The van der Waals surface area contributed by atoms with Gasteiger partial charge in [-0.1, -0.05) is 17.7 Å². The summed E-state index contributed by atoms with van der Waals surface area (Å²) in [6.45, 7) is 0.717. The lowest BCUT2D eigenvalue weighted by atomic mass is 9.97. The van der Waals surface area contributed by atoms with Gasteiger partial charge in [-0.15, -0.1) is 0 Å². The zero-order valence-electron chi connectivity index (χ0n) is 12.6. The smallest absolute Gasteiger partial charge is 0.369 e. The molecule has 130 valence electrons. The molecule has 1 aromatic rings. The Morgan fingerprint density at radius 2 is 2.04 bits per heavy atom. The fourth-order valence-corrected chi connectivity index (χ4v) is 2.77. The van der Waals surface area contributed by atoms with Crippen molar-refractivity contribution >= 4 is 29.5 Å². The number of hydrogen-bond acceptors (Lipinski definition) is 2. The number of piperidine rings is 1. The zero-order valence-corrected chi connectivity index (χ0v) is 13.4. The molecule has 1 aromatic carbocycles. The number of carbonyl (C=O) groups is 2. The van der Waals surface area contributed by atoms with Gasteiger partial charge in [0, 0.05) is 19.2 Å². The Hall–Kier alpha value is -2.02. The van der Waals surface area contributed by atoms with E-state index >= 15 is 0 Å². The molecule has 0 aromatic heterocycles. The van der Waals surface area contributed by atoms with Crippen LogP contribution in [0.2, 0.25) is 5.02 Å². The standard InChI is InChI=1S/C16H16ClF3N2O2/c17-13-5-3-10(8-12(13)16(18,19)20)4-6-14(23)22-7-1-2-11(9-22)15(21)24/h3-6,8,11H,1-2,7,9H2,(H2,21,24)/b6-4+. The van der Waals surface area contributed by atoms with Crippen molar-refractivity contribution in [3.05, 3.63) is 40.4 Å². The first-order valence-electron chi connectivity index (χ1n) is 7.31. The second-order valence-electron chi connectivity index (χ2n) is 5.60. The van der Waals surface area contributed by atoms with Crippen LogP contribution in [0.1, 0.15) is 24.0 Å². The van der Waals surface area contributed by atoms with Crippen LogP contribution in [-0.4, -0.2) is 29.8 Å². The summed E-state index contributed by atoms with van der Waals surface area (Å²) in [6.07, 6.45) is -0.789. The van der Waals surface area contributed by atoms with Gasteiger partial charge in [0.05, 0.1) is 16.5 Å². The molecule has 0 saturated carbocycles. The van der Waals surface area contributed by atoms with Gasteiger partial charge in [-0.05, 0) is 36.6 Å². The average Bonchev–Trinajstić information content (AvgIpc) is 2.52. The van der Waals surface area contributed by atoms with Crippen LogP contribution in [-0.2, 0) is 15.8 Å². The highest BCUT2D eigenvalue weighted by atomic mass is 35.5. The molecule has 1 atom stereocenters. The summed E-state index contributed by atoms with van der Waals surface area (Å²) in [5.41, 5.74) is 4.51. The van der Waals surface area contributed by atoms with Crippen LogP contribution in [0.25, 0.3) is 6.08 Å². The van der Waals surface area contributed by atoms with Gasteiger partial charge in [0.2, 0.25) is 11.8 Å². The first-order chi connectivity index (χ1) is 11.2. The molecule has 8 heteroatoms. The minimum absolute atomic E-state index is 0.212. The molecule has 1 fully saturated rings. The van der Waals surface area contributed by atoms with Gasteiger partial charge in [-0.2, -0.15) is 13.2 Å².